The van der Waals surface area contributed by atoms with Gasteiger partial charge in [0.05, 0.1) is 6.61 Å². The Labute approximate surface area is 125 Å². The summed E-state index contributed by atoms with van der Waals surface area (Å²) in [6.07, 6.45) is 5.52. The summed E-state index contributed by atoms with van der Waals surface area (Å²) in [4.78, 5) is 0. The average molecular weight is 297 g/mol. The van der Waals surface area contributed by atoms with Crippen molar-refractivity contribution in [1.29, 1.82) is 0 Å². The van der Waals surface area contributed by atoms with Crippen molar-refractivity contribution >= 4 is 0 Å². The number of hydrogen-bond acceptors (Lipinski definition) is 2. The minimum atomic E-state index is -0.745. The average Bonchev–Trinajstić information content (AvgIpc) is 3.01. The van der Waals surface area contributed by atoms with Gasteiger partial charge in [-0.15, -0.1) is 0 Å². The second kappa shape index (κ2) is 8.44. The zero-order valence-electron chi connectivity index (χ0n) is 12.7. The Morgan fingerprint density at radius 3 is 2.76 bits per heavy atom. The molecule has 2 rings (SSSR count). The topological polar surface area (TPSA) is 21.3 Å². The number of hydrogen-bond donors (Lipinski definition) is 1. The van der Waals surface area contributed by atoms with Gasteiger partial charge in [-0.2, -0.15) is 0 Å². The van der Waals surface area contributed by atoms with Crippen LogP contribution in [0.5, 0.6) is 0 Å². The van der Waals surface area contributed by atoms with Crippen LogP contribution < -0.4 is 5.32 Å². The molecule has 21 heavy (non-hydrogen) atoms. The molecule has 0 aliphatic heterocycles. The first kappa shape index (κ1) is 16.4. The maximum absolute atomic E-state index is 13.9. The first-order valence-corrected chi connectivity index (χ1v) is 7.85. The third kappa shape index (κ3) is 4.75. The summed E-state index contributed by atoms with van der Waals surface area (Å²) in [5, 5.41) is 3.38. The Hall–Kier alpha value is -1.00. The monoisotopic (exact) mass is 297 g/mol. The van der Waals surface area contributed by atoms with Gasteiger partial charge in [0.1, 0.15) is 0 Å². The van der Waals surface area contributed by atoms with Gasteiger partial charge < -0.3 is 10.1 Å². The SMILES string of the molecule is COCCNCC(Cc1cccc(F)c1F)C1CCCC1. The molecule has 1 unspecified atom stereocenters. The van der Waals surface area contributed by atoms with E-state index in [0.717, 1.165) is 13.1 Å². The van der Waals surface area contributed by atoms with Crippen LogP contribution in [-0.4, -0.2) is 26.8 Å². The predicted molar refractivity (Wildman–Crippen MR) is 80.3 cm³/mol. The molecule has 1 aliphatic rings. The molecule has 1 atom stereocenters. The molecule has 0 radical (unpaired) electrons. The lowest BCUT2D eigenvalue weighted by Crippen LogP contribution is -2.31. The van der Waals surface area contributed by atoms with E-state index < -0.39 is 11.6 Å². The lowest BCUT2D eigenvalue weighted by molar-refractivity contribution is 0.195. The van der Waals surface area contributed by atoms with Crippen LogP contribution >= 0.6 is 0 Å². The van der Waals surface area contributed by atoms with Crippen molar-refractivity contribution in [2.45, 2.75) is 32.1 Å². The Balaban J connectivity index is 1.98. The van der Waals surface area contributed by atoms with E-state index in [1.54, 1.807) is 19.2 Å². The summed E-state index contributed by atoms with van der Waals surface area (Å²) in [6.45, 7) is 2.31. The molecule has 0 aromatic heterocycles. The maximum atomic E-state index is 13.9. The highest BCUT2D eigenvalue weighted by molar-refractivity contribution is 5.19. The normalized spacial score (nSPS) is 17.3. The van der Waals surface area contributed by atoms with Crippen LogP contribution in [0.4, 0.5) is 8.78 Å². The van der Waals surface area contributed by atoms with E-state index >= 15 is 0 Å². The summed E-state index contributed by atoms with van der Waals surface area (Å²) >= 11 is 0. The van der Waals surface area contributed by atoms with Crippen molar-refractivity contribution < 1.29 is 13.5 Å². The number of nitrogens with one attached hydrogen (secondary N) is 1. The first-order valence-electron chi connectivity index (χ1n) is 7.85. The maximum Gasteiger partial charge on any atom is 0.162 e. The Morgan fingerprint density at radius 1 is 1.29 bits per heavy atom. The number of benzene rings is 1. The summed E-state index contributed by atoms with van der Waals surface area (Å²) < 4.78 is 32.3. The molecule has 0 spiro atoms. The van der Waals surface area contributed by atoms with Gasteiger partial charge in [-0.3, -0.25) is 0 Å². The van der Waals surface area contributed by atoms with Crippen LogP contribution in [0.3, 0.4) is 0 Å². The Kier molecular flexibility index (Phi) is 6.58. The molecule has 1 saturated carbocycles. The smallest absolute Gasteiger partial charge is 0.162 e. The fraction of sp³-hybridized carbons (Fsp3) is 0.647. The summed E-state index contributed by atoms with van der Waals surface area (Å²) in [7, 11) is 1.68. The van der Waals surface area contributed by atoms with Gasteiger partial charge in [0.25, 0.3) is 0 Å². The molecular formula is C17H25F2NO. The Bertz CT molecular complexity index is 433. The first-order chi connectivity index (χ1) is 10.2. The van der Waals surface area contributed by atoms with Crippen LogP contribution in [-0.2, 0) is 11.2 Å². The lowest BCUT2D eigenvalue weighted by Gasteiger charge is -2.24. The van der Waals surface area contributed by atoms with Crippen LogP contribution in [0.2, 0.25) is 0 Å². The van der Waals surface area contributed by atoms with Crippen molar-refractivity contribution in [2.24, 2.45) is 11.8 Å². The Morgan fingerprint density at radius 2 is 2.05 bits per heavy atom. The molecule has 1 N–H and O–H groups in total. The van der Waals surface area contributed by atoms with Crippen LogP contribution in [0, 0.1) is 23.5 Å². The fourth-order valence-electron chi connectivity index (χ4n) is 3.28. The van der Waals surface area contributed by atoms with Gasteiger partial charge in [-0.1, -0.05) is 37.8 Å². The highest BCUT2D eigenvalue weighted by Crippen LogP contribution is 2.33. The minimum absolute atomic E-state index is 0.362. The van der Waals surface area contributed by atoms with Crippen molar-refractivity contribution in [3.05, 3.63) is 35.4 Å². The van der Waals surface area contributed by atoms with Crippen LogP contribution in [0.15, 0.2) is 18.2 Å². The molecule has 0 amide bonds. The number of rotatable bonds is 8. The zero-order valence-corrected chi connectivity index (χ0v) is 12.7. The quantitative estimate of drug-likeness (QED) is 0.741. The molecule has 118 valence electrons. The van der Waals surface area contributed by atoms with Gasteiger partial charge in [-0.05, 0) is 36.4 Å². The minimum Gasteiger partial charge on any atom is -0.383 e. The predicted octanol–water partition coefficient (Wildman–Crippen LogP) is 3.55. The van der Waals surface area contributed by atoms with Crippen molar-refractivity contribution in [1.82, 2.24) is 5.32 Å². The van der Waals surface area contributed by atoms with E-state index in [1.807, 2.05) is 0 Å². The molecule has 2 nitrogen and oxygen atoms in total. The fourth-order valence-corrected chi connectivity index (χ4v) is 3.28. The van der Waals surface area contributed by atoms with Gasteiger partial charge in [-0.25, -0.2) is 8.78 Å². The van der Waals surface area contributed by atoms with Crippen molar-refractivity contribution in [3.63, 3.8) is 0 Å². The summed E-state index contributed by atoms with van der Waals surface area (Å²) in [5.74, 6) is -0.453. The molecule has 1 aromatic rings. The molecule has 4 heteroatoms. The van der Waals surface area contributed by atoms with E-state index in [-0.39, 0.29) is 0 Å². The van der Waals surface area contributed by atoms with Gasteiger partial charge in [0, 0.05) is 13.7 Å². The molecule has 1 aromatic carbocycles. The molecule has 0 heterocycles. The largest absolute Gasteiger partial charge is 0.383 e. The zero-order chi connectivity index (χ0) is 15.1. The second-order valence-corrected chi connectivity index (χ2v) is 5.92. The van der Waals surface area contributed by atoms with Crippen molar-refractivity contribution in [2.75, 3.05) is 26.8 Å². The number of ether oxygens (including phenoxy) is 1. The van der Waals surface area contributed by atoms with E-state index in [0.29, 0.717) is 30.4 Å². The standard InChI is InChI=1S/C17H25F2NO/c1-21-10-9-20-12-15(13-5-2-3-6-13)11-14-7-4-8-16(18)17(14)19/h4,7-8,13,15,20H,2-3,5-6,9-12H2,1H3. The molecule has 0 saturated heterocycles. The van der Waals surface area contributed by atoms with E-state index in [9.17, 15) is 8.78 Å². The van der Waals surface area contributed by atoms with Gasteiger partial charge in [0.2, 0.25) is 0 Å². The van der Waals surface area contributed by atoms with Crippen molar-refractivity contribution in [3.8, 4) is 0 Å². The molecule has 1 fully saturated rings. The molecule has 0 bridgehead atoms. The van der Waals surface area contributed by atoms with Crippen LogP contribution in [0.25, 0.3) is 0 Å². The van der Waals surface area contributed by atoms with Gasteiger partial charge >= 0.3 is 0 Å². The highest BCUT2D eigenvalue weighted by Gasteiger charge is 2.26. The molecular weight excluding hydrogens is 272 g/mol. The third-order valence-electron chi connectivity index (χ3n) is 4.47. The summed E-state index contributed by atoms with van der Waals surface area (Å²) in [5.41, 5.74) is 0.500. The second-order valence-electron chi connectivity index (χ2n) is 5.92. The molecule has 1 aliphatic carbocycles. The van der Waals surface area contributed by atoms with Gasteiger partial charge in [0.15, 0.2) is 11.6 Å². The summed E-state index contributed by atoms with van der Waals surface area (Å²) in [6, 6.07) is 4.48. The number of methoxy groups -OCH3 is 1. The highest BCUT2D eigenvalue weighted by atomic mass is 19.2. The number of halogens is 2. The van der Waals surface area contributed by atoms with Crippen LogP contribution in [0.1, 0.15) is 31.2 Å². The van der Waals surface area contributed by atoms with E-state index in [4.69, 9.17) is 4.74 Å². The van der Waals surface area contributed by atoms with E-state index in [2.05, 4.69) is 5.32 Å². The lowest BCUT2D eigenvalue weighted by atomic mass is 9.85. The third-order valence-corrected chi connectivity index (χ3v) is 4.47. The van der Waals surface area contributed by atoms with E-state index in [1.165, 1.54) is 31.7 Å².